The monoisotopic (exact) mass is 247 g/mol. The van der Waals surface area contributed by atoms with E-state index in [9.17, 15) is 9.59 Å². The van der Waals surface area contributed by atoms with Crippen molar-refractivity contribution in [1.82, 2.24) is 5.32 Å². The summed E-state index contributed by atoms with van der Waals surface area (Å²) >= 11 is 0. The highest BCUT2D eigenvalue weighted by Crippen LogP contribution is 2.34. The summed E-state index contributed by atoms with van der Waals surface area (Å²) in [6.45, 7) is 3.94. The largest absolute Gasteiger partial charge is 0.465 e. The quantitative estimate of drug-likeness (QED) is 0.650. The van der Waals surface area contributed by atoms with Crippen molar-refractivity contribution in [2.75, 3.05) is 6.61 Å². The van der Waals surface area contributed by atoms with Gasteiger partial charge in [-0.25, -0.2) is 0 Å². The number of esters is 1. The van der Waals surface area contributed by atoms with E-state index in [1.54, 1.807) is 6.92 Å². The third-order valence-corrected chi connectivity index (χ3v) is 3.28. The van der Waals surface area contributed by atoms with Crippen LogP contribution in [0.5, 0.6) is 0 Å². The van der Waals surface area contributed by atoms with Crippen LogP contribution < -0.4 is 5.32 Å². The van der Waals surface area contributed by atoms with Gasteiger partial charge in [-0.05, 0) is 19.4 Å². The van der Waals surface area contributed by atoms with Gasteiger partial charge in [0.15, 0.2) is 0 Å². The first-order valence-corrected chi connectivity index (χ1v) is 6.17. The Balaban J connectivity index is 2.31. The minimum Gasteiger partial charge on any atom is -0.465 e. The zero-order chi connectivity index (χ0) is 13.1. The third kappa shape index (κ3) is 2.23. The van der Waals surface area contributed by atoms with E-state index in [1.807, 2.05) is 37.3 Å². The highest BCUT2D eigenvalue weighted by atomic mass is 16.5. The van der Waals surface area contributed by atoms with Gasteiger partial charge in [0.1, 0.15) is 5.92 Å². The maximum atomic E-state index is 11.9. The normalized spacial score (nSPS) is 26.8. The van der Waals surface area contributed by atoms with Crippen LogP contribution in [0.1, 0.15) is 25.3 Å². The Labute approximate surface area is 106 Å². The third-order valence-electron chi connectivity index (χ3n) is 3.28. The standard InChI is InChI=1S/C14H17NO3/c1-3-18-14(17)12-11(9(2)15-13(12)16)10-7-5-4-6-8-10/h4-9,11-12H,3H2,1-2H3,(H,15,16)/t9-,11-,12-/m0/s1. The number of carbonyl (C=O) groups excluding carboxylic acids is 2. The Morgan fingerprint density at radius 3 is 2.61 bits per heavy atom. The van der Waals surface area contributed by atoms with Gasteiger partial charge in [-0.1, -0.05) is 30.3 Å². The van der Waals surface area contributed by atoms with Crippen molar-refractivity contribution in [2.45, 2.75) is 25.8 Å². The van der Waals surface area contributed by atoms with Gasteiger partial charge in [-0.15, -0.1) is 0 Å². The second-order valence-electron chi connectivity index (χ2n) is 4.46. The van der Waals surface area contributed by atoms with E-state index in [0.717, 1.165) is 5.56 Å². The van der Waals surface area contributed by atoms with E-state index in [-0.39, 0.29) is 17.9 Å². The molecule has 1 aromatic rings. The Morgan fingerprint density at radius 2 is 2.00 bits per heavy atom. The number of carbonyl (C=O) groups is 2. The van der Waals surface area contributed by atoms with Crippen LogP contribution in [-0.4, -0.2) is 24.5 Å². The second-order valence-corrected chi connectivity index (χ2v) is 4.46. The number of ether oxygens (including phenoxy) is 1. The Bertz CT molecular complexity index is 444. The molecule has 96 valence electrons. The topological polar surface area (TPSA) is 55.4 Å². The van der Waals surface area contributed by atoms with E-state index in [2.05, 4.69) is 5.32 Å². The number of nitrogens with one attached hydrogen (secondary N) is 1. The average Bonchev–Trinajstić information content (AvgIpc) is 2.65. The molecule has 0 unspecified atom stereocenters. The summed E-state index contributed by atoms with van der Waals surface area (Å²) in [4.78, 5) is 23.8. The molecule has 1 aliphatic rings. The molecular weight excluding hydrogens is 230 g/mol. The molecule has 4 nitrogen and oxygen atoms in total. The zero-order valence-electron chi connectivity index (χ0n) is 10.6. The minimum absolute atomic E-state index is 0.0608. The lowest BCUT2D eigenvalue weighted by atomic mass is 9.84. The molecule has 0 radical (unpaired) electrons. The Morgan fingerprint density at radius 1 is 1.33 bits per heavy atom. The number of rotatable bonds is 3. The molecule has 1 aromatic carbocycles. The summed E-state index contributed by atoms with van der Waals surface area (Å²) in [5.41, 5.74) is 0.987. The van der Waals surface area contributed by atoms with Crippen LogP contribution in [0, 0.1) is 5.92 Å². The molecule has 18 heavy (non-hydrogen) atoms. The van der Waals surface area contributed by atoms with Crippen molar-refractivity contribution in [2.24, 2.45) is 5.92 Å². The van der Waals surface area contributed by atoms with Gasteiger partial charge in [-0.2, -0.15) is 0 Å². The van der Waals surface area contributed by atoms with Gasteiger partial charge in [0.2, 0.25) is 5.91 Å². The SMILES string of the molecule is CCOC(=O)[C@@H]1C(=O)N[C@@H](C)[C@H]1c1ccccc1. The first kappa shape index (κ1) is 12.6. The van der Waals surface area contributed by atoms with Crippen LogP contribution in [0.2, 0.25) is 0 Å². The van der Waals surface area contributed by atoms with Crippen LogP contribution in [0.25, 0.3) is 0 Å². The molecule has 0 saturated carbocycles. The maximum absolute atomic E-state index is 11.9. The van der Waals surface area contributed by atoms with Crippen molar-refractivity contribution >= 4 is 11.9 Å². The van der Waals surface area contributed by atoms with Gasteiger partial charge >= 0.3 is 5.97 Å². The molecule has 0 spiro atoms. The fourth-order valence-corrected chi connectivity index (χ4v) is 2.50. The summed E-state index contributed by atoms with van der Waals surface area (Å²) in [7, 11) is 0. The summed E-state index contributed by atoms with van der Waals surface area (Å²) in [6.07, 6.45) is 0. The van der Waals surface area contributed by atoms with Crippen LogP contribution in [0.15, 0.2) is 30.3 Å². The highest BCUT2D eigenvalue weighted by molar-refractivity contribution is 6.01. The lowest BCUT2D eigenvalue weighted by Crippen LogP contribution is -2.28. The van der Waals surface area contributed by atoms with Crippen LogP contribution in [0.4, 0.5) is 0 Å². The summed E-state index contributed by atoms with van der Waals surface area (Å²) in [6, 6.07) is 9.55. The minimum atomic E-state index is -0.734. The first-order valence-electron chi connectivity index (χ1n) is 6.17. The van der Waals surface area contributed by atoms with E-state index in [4.69, 9.17) is 4.74 Å². The fraction of sp³-hybridized carbons (Fsp3) is 0.429. The summed E-state index contributed by atoms with van der Waals surface area (Å²) < 4.78 is 5.00. The van der Waals surface area contributed by atoms with Crippen molar-refractivity contribution < 1.29 is 14.3 Å². The molecule has 4 heteroatoms. The molecule has 1 N–H and O–H groups in total. The smallest absolute Gasteiger partial charge is 0.319 e. The lowest BCUT2D eigenvalue weighted by Gasteiger charge is -2.19. The van der Waals surface area contributed by atoms with E-state index in [0.29, 0.717) is 6.61 Å². The Kier molecular flexibility index (Phi) is 3.65. The van der Waals surface area contributed by atoms with Gasteiger partial charge in [0.05, 0.1) is 6.61 Å². The molecule has 1 heterocycles. The molecule has 1 saturated heterocycles. The van der Waals surface area contributed by atoms with Crippen molar-refractivity contribution in [3.8, 4) is 0 Å². The van der Waals surface area contributed by atoms with Gasteiger partial charge in [0, 0.05) is 12.0 Å². The van der Waals surface area contributed by atoms with Crippen molar-refractivity contribution in [3.05, 3.63) is 35.9 Å². The fourth-order valence-electron chi connectivity index (χ4n) is 2.50. The van der Waals surface area contributed by atoms with Crippen LogP contribution >= 0.6 is 0 Å². The molecule has 0 bridgehead atoms. The molecule has 1 amide bonds. The molecular formula is C14H17NO3. The van der Waals surface area contributed by atoms with E-state index in [1.165, 1.54) is 0 Å². The number of benzene rings is 1. The molecule has 1 aliphatic heterocycles. The molecule has 1 fully saturated rings. The zero-order valence-corrected chi connectivity index (χ0v) is 10.6. The maximum Gasteiger partial charge on any atom is 0.319 e. The van der Waals surface area contributed by atoms with Crippen molar-refractivity contribution in [1.29, 1.82) is 0 Å². The average molecular weight is 247 g/mol. The number of hydrogen-bond donors (Lipinski definition) is 1. The van der Waals surface area contributed by atoms with E-state index < -0.39 is 11.9 Å². The predicted octanol–water partition coefficient (Wildman–Crippen LogP) is 1.47. The van der Waals surface area contributed by atoms with Gasteiger partial charge < -0.3 is 10.1 Å². The van der Waals surface area contributed by atoms with Gasteiger partial charge in [0.25, 0.3) is 0 Å². The highest BCUT2D eigenvalue weighted by Gasteiger charge is 2.46. The number of hydrogen-bond acceptors (Lipinski definition) is 3. The summed E-state index contributed by atoms with van der Waals surface area (Å²) in [5.74, 6) is -1.57. The molecule has 0 aliphatic carbocycles. The Hall–Kier alpha value is -1.84. The first-order chi connectivity index (χ1) is 8.65. The van der Waals surface area contributed by atoms with Crippen LogP contribution in [0.3, 0.4) is 0 Å². The van der Waals surface area contributed by atoms with Gasteiger partial charge in [-0.3, -0.25) is 9.59 Å². The lowest BCUT2D eigenvalue weighted by molar-refractivity contribution is -0.151. The van der Waals surface area contributed by atoms with Crippen molar-refractivity contribution in [3.63, 3.8) is 0 Å². The molecule has 3 atom stereocenters. The molecule has 2 rings (SSSR count). The number of amides is 1. The van der Waals surface area contributed by atoms with E-state index >= 15 is 0 Å². The van der Waals surface area contributed by atoms with Crippen LogP contribution in [-0.2, 0) is 14.3 Å². The summed E-state index contributed by atoms with van der Waals surface area (Å²) in [5, 5.41) is 2.81. The molecule has 0 aromatic heterocycles. The second kappa shape index (κ2) is 5.21. The predicted molar refractivity (Wildman–Crippen MR) is 66.9 cm³/mol.